The Morgan fingerprint density at radius 1 is 0.839 bits per heavy atom. The molecule has 0 radical (unpaired) electrons. The van der Waals surface area contributed by atoms with E-state index in [1.54, 1.807) is 60.7 Å². The second-order valence-corrected chi connectivity index (χ2v) is 7.30. The van der Waals surface area contributed by atoms with E-state index in [9.17, 15) is 24.6 Å². The van der Waals surface area contributed by atoms with Gasteiger partial charge in [-0.1, -0.05) is 66.2 Å². The number of hydrogen-bond acceptors (Lipinski definition) is 4. The normalized spacial score (nSPS) is 17.7. The monoisotopic (exact) mass is 413 g/mol. The van der Waals surface area contributed by atoms with Crippen LogP contribution in [-0.4, -0.2) is 27.9 Å². The number of carboxylic acids is 1. The third-order valence-corrected chi connectivity index (χ3v) is 5.26. The van der Waals surface area contributed by atoms with Crippen molar-refractivity contribution in [3.63, 3.8) is 0 Å². The lowest BCUT2D eigenvalue weighted by Crippen LogP contribution is -2.29. The van der Waals surface area contributed by atoms with Gasteiger partial charge >= 0.3 is 5.97 Å². The number of carbonyl (C=O) groups excluding carboxylic acids is 2. The molecule has 0 spiro atoms. The predicted octanol–water partition coefficient (Wildman–Crippen LogP) is 4.32. The molecule has 154 valence electrons. The maximum Gasteiger partial charge on any atom is 0.335 e. The third-order valence-electron chi connectivity index (χ3n) is 5.26. The van der Waals surface area contributed by atoms with Gasteiger partial charge in [-0.05, 0) is 30.7 Å². The van der Waals surface area contributed by atoms with Crippen LogP contribution in [0.1, 0.15) is 33.1 Å². The van der Waals surface area contributed by atoms with E-state index < -0.39 is 23.7 Å². The van der Waals surface area contributed by atoms with E-state index in [-0.39, 0.29) is 22.6 Å². The number of aliphatic hydroxyl groups is 1. The summed E-state index contributed by atoms with van der Waals surface area (Å²) in [6, 6.07) is 20.8. The van der Waals surface area contributed by atoms with Crippen molar-refractivity contribution in [3.8, 4) is 0 Å². The fraction of sp³-hybridized carbons (Fsp3) is 0.0800. The summed E-state index contributed by atoms with van der Waals surface area (Å²) in [5.74, 6) is -3.07. The van der Waals surface area contributed by atoms with Crippen LogP contribution in [0, 0.1) is 6.92 Å². The van der Waals surface area contributed by atoms with E-state index in [4.69, 9.17) is 0 Å². The molecular weight excluding hydrogens is 394 g/mol. The van der Waals surface area contributed by atoms with Gasteiger partial charge in [0, 0.05) is 11.3 Å². The maximum absolute atomic E-state index is 13.1. The highest BCUT2D eigenvalue weighted by atomic mass is 16.4. The molecule has 6 heteroatoms. The Morgan fingerprint density at radius 3 is 2.16 bits per heavy atom. The molecule has 1 aliphatic heterocycles. The van der Waals surface area contributed by atoms with Crippen LogP contribution < -0.4 is 4.90 Å². The van der Waals surface area contributed by atoms with E-state index in [0.717, 1.165) is 5.56 Å². The van der Waals surface area contributed by atoms with Gasteiger partial charge < -0.3 is 10.2 Å². The molecule has 1 heterocycles. The average Bonchev–Trinajstić information content (AvgIpc) is 3.05. The molecule has 2 N–H and O–H groups in total. The smallest absolute Gasteiger partial charge is 0.335 e. The average molecular weight is 413 g/mol. The number of Topliss-reactive ketones (excluding diaryl/α,β-unsaturated/α-hetero) is 1. The largest absolute Gasteiger partial charge is 0.507 e. The van der Waals surface area contributed by atoms with E-state index >= 15 is 0 Å². The molecule has 6 nitrogen and oxygen atoms in total. The zero-order valence-electron chi connectivity index (χ0n) is 16.6. The number of anilines is 1. The fourth-order valence-corrected chi connectivity index (χ4v) is 3.71. The minimum atomic E-state index is -1.14. The topological polar surface area (TPSA) is 94.9 Å². The summed E-state index contributed by atoms with van der Waals surface area (Å²) in [5, 5.41) is 20.4. The molecule has 1 aliphatic rings. The Labute approximate surface area is 178 Å². The lowest BCUT2D eigenvalue weighted by atomic mass is 9.95. The van der Waals surface area contributed by atoms with Gasteiger partial charge in [-0.15, -0.1) is 0 Å². The predicted molar refractivity (Wildman–Crippen MR) is 116 cm³/mol. The van der Waals surface area contributed by atoms with Crippen molar-refractivity contribution in [1.82, 2.24) is 0 Å². The summed E-state index contributed by atoms with van der Waals surface area (Å²) in [4.78, 5) is 38.8. The number of ketones is 1. The second kappa shape index (κ2) is 7.91. The van der Waals surface area contributed by atoms with Crippen LogP contribution in [-0.2, 0) is 9.59 Å². The van der Waals surface area contributed by atoms with Gasteiger partial charge in [-0.25, -0.2) is 4.79 Å². The molecule has 31 heavy (non-hydrogen) atoms. The van der Waals surface area contributed by atoms with Crippen molar-refractivity contribution in [1.29, 1.82) is 0 Å². The Hall–Kier alpha value is -4.19. The fourth-order valence-electron chi connectivity index (χ4n) is 3.71. The number of benzene rings is 3. The molecule has 1 fully saturated rings. The van der Waals surface area contributed by atoms with Gasteiger partial charge in [0.2, 0.25) is 0 Å². The quantitative estimate of drug-likeness (QED) is 0.377. The summed E-state index contributed by atoms with van der Waals surface area (Å²) in [7, 11) is 0. The highest BCUT2D eigenvalue weighted by Gasteiger charge is 2.47. The minimum absolute atomic E-state index is 0.00949. The first-order valence-corrected chi connectivity index (χ1v) is 9.65. The molecule has 4 rings (SSSR count). The number of hydrogen-bond donors (Lipinski definition) is 2. The minimum Gasteiger partial charge on any atom is -0.507 e. The number of amides is 1. The van der Waals surface area contributed by atoms with Crippen molar-refractivity contribution in [3.05, 3.63) is 107 Å². The second-order valence-electron chi connectivity index (χ2n) is 7.30. The van der Waals surface area contributed by atoms with Gasteiger partial charge in [0.25, 0.3) is 11.7 Å². The molecule has 0 bridgehead atoms. The van der Waals surface area contributed by atoms with E-state index in [1.807, 2.05) is 6.92 Å². The first kappa shape index (κ1) is 20.1. The maximum atomic E-state index is 13.1. The number of rotatable bonds is 4. The van der Waals surface area contributed by atoms with Crippen molar-refractivity contribution in [2.24, 2.45) is 0 Å². The summed E-state index contributed by atoms with van der Waals surface area (Å²) < 4.78 is 0. The first-order valence-electron chi connectivity index (χ1n) is 9.65. The van der Waals surface area contributed by atoms with Crippen molar-refractivity contribution in [2.45, 2.75) is 13.0 Å². The summed E-state index contributed by atoms with van der Waals surface area (Å²) in [5.41, 5.74) is 2.24. The molecule has 3 aromatic rings. The van der Waals surface area contributed by atoms with E-state index in [2.05, 4.69) is 0 Å². The summed E-state index contributed by atoms with van der Waals surface area (Å²) in [6.07, 6.45) is 0. The van der Waals surface area contributed by atoms with Crippen LogP contribution in [0.15, 0.2) is 84.4 Å². The van der Waals surface area contributed by atoms with Crippen LogP contribution in [0.4, 0.5) is 5.69 Å². The number of aliphatic hydroxyl groups excluding tert-OH is 1. The standard InChI is InChI=1S/C25H19NO5/c1-15-10-12-17(13-11-15)22(27)20-21(16-6-3-2-4-7-16)26(24(29)23(20)28)19-9-5-8-18(14-19)25(30)31/h2-14,21,27H,1H3,(H,30,31)/t21-/m0/s1. The van der Waals surface area contributed by atoms with Crippen LogP contribution in [0.25, 0.3) is 5.76 Å². The van der Waals surface area contributed by atoms with Gasteiger partial charge in [-0.3, -0.25) is 14.5 Å². The zero-order chi connectivity index (χ0) is 22.1. The van der Waals surface area contributed by atoms with Crippen LogP contribution in [0.3, 0.4) is 0 Å². The Bertz CT molecular complexity index is 1210. The molecule has 1 saturated heterocycles. The first-order chi connectivity index (χ1) is 14.9. The van der Waals surface area contributed by atoms with Crippen molar-refractivity contribution >= 4 is 29.1 Å². The number of carbonyl (C=O) groups is 3. The molecule has 0 aromatic heterocycles. The van der Waals surface area contributed by atoms with E-state index in [0.29, 0.717) is 11.1 Å². The lowest BCUT2D eigenvalue weighted by molar-refractivity contribution is -0.132. The van der Waals surface area contributed by atoms with E-state index in [1.165, 1.54) is 23.1 Å². The number of aromatic carboxylic acids is 1. The number of carboxylic acid groups (broad SMARTS) is 1. The SMILES string of the molecule is Cc1ccc(C(O)=C2C(=O)C(=O)N(c3cccc(C(=O)O)c3)[C@H]2c2ccccc2)cc1. The van der Waals surface area contributed by atoms with Crippen molar-refractivity contribution < 1.29 is 24.6 Å². The Kier molecular flexibility index (Phi) is 5.13. The summed E-state index contributed by atoms with van der Waals surface area (Å²) in [6.45, 7) is 1.90. The van der Waals surface area contributed by atoms with Crippen molar-refractivity contribution in [2.75, 3.05) is 4.90 Å². The third kappa shape index (κ3) is 3.59. The van der Waals surface area contributed by atoms with Gasteiger partial charge in [-0.2, -0.15) is 0 Å². The zero-order valence-corrected chi connectivity index (χ0v) is 16.6. The van der Waals surface area contributed by atoms with Crippen LogP contribution in [0.2, 0.25) is 0 Å². The molecule has 0 unspecified atom stereocenters. The molecule has 3 aromatic carbocycles. The Morgan fingerprint density at radius 2 is 1.52 bits per heavy atom. The molecule has 1 amide bonds. The number of nitrogens with zero attached hydrogens (tertiary/aromatic N) is 1. The highest BCUT2D eigenvalue weighted by Crippen LogP contribution is 2.42. The van der Waals surface area contributed by atoms with Gasteiger partial charge in [0.15, 0.2) is 0 Å². The lowest BCUT2D eigenvalue weighted by Gasteiger charge is -2.25. The Balaban J connectivity index is 1.94. The molecular formula is C25H19NO5. The highest BCUT2D eigenvalue weighted by molar-refractivity contribution is 6.51. The molecule has 0 saturated carbocycles. The van der Waals surface area contributed by atoms with Gasteiger partial charge in [0.05, 0.1) is 17.2 Å². The number of aryl methyl sites for hydroxylation is 1. The van der Waals surface area contributed by atoms with Gasteiger partial charge in [0.1, 0.15) is 5.76 Å². The molecule has 0 aliphatic carbocycles. The van der Waals surface area contributed by atoms with Crippen LogP contribution >= 0.6 is 0 Å². The molecule has 1 atom stereocenters. The van der Waals surface area contributed by atoms with Crippen LogP contribution in [0.5, 0.6) is 0 Å². The summed E-state index contributed by atoms with van der Waals surface area (Å²) >= 11 is 0.